The second-order valence-corrected chi connectivity index (χ2v) is 5.35. The molecule has 0 aliphatic heterocycles. The standard InChI is InChI=1S/C12H14BrN3OS/c1-8(2)17-11-6-9(13)4-5-10(11)16-12(18-3)15-7-14/h4-6,8H,1-3H3,(H,15,16). The van der Waals surface area contributed by atoms with Gasteiger partial charge in [0.05, 0.1) is 6.10 Å². The van der Waals surface area contributed by atoms with Crippen LogP contribution in [0.5, 0.6) is 5.75 Å². The van der Waals surface area contributed by atoms with Crippen LogP contribution in [-0.2, 0) is 0 Å². The highest BCUT2D eigenvalue weighted by molar-refractivity contribution is 9.10. The lowest BCUT2D eigenvalue weighted by molar-refractivity contribution is 0.243. The molecule has 0 saturated carbocycles. The molecular weight excluding hydrogens is 314 g/mol. The summed E-state index contributed by atoms with van der Waals surface area (Å²) >= 11 is 4.77. The molecule has 0 spiro atoms. The summed E-state index contributed by atoms with van der Waals surface area (Å²) < 4.78 is 6.62. The predicted octanol–water partition coefficient (Wildman–Crippen LogP) is 3.66. The van der Waals surface area contributed by atoms with Crippen LogP contribution >= 0.6 is 27.7 Å². The number of benzene rings is 1. The molecule has 0 heterocycles. The van der Waals surface area contributed by atoms with E-state index in [0.717, 1.165) is 4.47 Å². The molecule has 0 bridgehead atoms. The summed E-state index contributed by atoms with van der Waals surface area (Å²) in [4.78, 5) is 4.36. The molecule has 18 heavy (non-hydrogen) atoms. The third kappa shape index (κ3) is 4.59. The molecule has 0 fully saturated rings. The Kier molecular flexibility index (Phi) is 6.02. The molecule has 0 saturated heterocycles. The first-order valence-corrected chi connectivity index (χ1v) is 7.32. The molecule has 0 aliphatic carbocycles. The summed E-state index contributed by atoms with van der Waals surface area (Å²) in [7, 11) is 0. The van der Waals surface area contributed by atoms with E-state index in [-0.39, 0.29) is 6.10 Å². The predicted molar refractivity (Wildman–Crippen MR) is 79.3 cm³/mol. The van der Waals surface area contributed by atoms with E-state index in [4.69, 9.17) is 10.00 Å². The minimum Gasteiger partial charge on any atom is -0.489 e. The lowest BCUT2D eigenvalue weighted by atomic mass is 10.3. The Balaban J connectivity index is 3.11. The third-order valence-corrected chi connectivity index (χ3v) is 2.94. The third-order valence-electron chi connectivity index (χ3n) is 1.86. The highest BCUT2D eigenvalue weighted by Gasteiger charge is 2.07. The van der Waals surface area contributed by atoms with Crippen molar-refractivity contribution in [3.63, 3.8) is 0 Å². The molecule has 0 atom stereocenters. The zero-order valence-corrected chi connectivity index (χ0v) is 12.8. The molecule has 0 amide bonds. The monoisotopic (exact) mass is 327 g/mol. The Morgan fingerprint density at radius 1 is 1.56 bits per heavy atom. The van der Waals surface area contributed by atoms with Crippen LogP contribution < -0.4 is 10.1 Å². The first-order valence-electron chi connectivity index (χ1n) is 5.30. The van der Waals surface area contributed by atoms with Crippen LogP contribution in [0.4, 0.5) is 5.69 Å². The number of aliphatic imine (C=N–C) groups is 1. The SMILES string of the molecule is CSC(=Nc1ccc(Br)cc1OC(C)C)NC#N. The molecular formula is C12H14BrN3OS. The average molecular weight is 328 g/mol. The number of hydrogen-bond donors (Lipinski definition) is 1. The van der Waals surface area contributed by atoms with Crippen molar-refractivity contribution in [2.24, 2.45) is 4.99 Å². The number of rotatable bonds is 3. The first-order chi connectivity index (χ1) is 8.56. The molecule has 1 N–H and O–H groups in total. The van der Waals surface area contributed by atoms with Gasteiger partial charge in [-0.1, -0.05) is 27.7 Å². The van der Waals surface area contributed by atoms with Crippen molar-refractivity contribution in [3.8, 4) is 11.9 Å². The molecule has 4 nitrogen and oxygen atoms in total. The maximum atomic E-state index is 8.61. The minimum atomic E-state index is 0.0647. The van der Waals surface area contributed by atoms with Crippen molar-refractivity contribution in [2.75, 3.05) is 6.26 Å². The maximum absolute atomic E-state index is 8.61. The summed E-state index contributed by atoms with van der Waals surface area (Å²) in [6, 6.07) is 5.59. The first kappa shape index (κ1) is 14.9. The van der Waals surface area contributed by atoms with Crippen molar-refractivity contribution in [3.05, 3.63) is 22.7 Å². The zero-order valence-electron chi connectivity index (χ0n) is 10.4. The zero-order chi connectivity index (χ0) is 13.5. The van der Waals surface area contributed by atoms with Gasteiger partial charge in [-0.25, -0.2) is 4.99 Å². The van der Waals surface area contributed by atoms with Gasteiger partial charge in [-0.15, -0.1) is 0 Å². The van der Waals surface area contributed by atoms with Crippen LogP contribution in [0.25, 0.3) is 0 Å². The topological polar surface area (TPSA) is 57.4 Å². The van der Waals surface area contributed by atoms with Crippen LogP contribution in [-0.4, -0.2) is 17.5 Å². The number of nitriles is 1. The van der Waals surface area contributed by atoms with Gasteiger partial charge in [-0.2, -0.15) is 5.26 Å². The summed E-state index contributed by atoms with van der Waals surface area (Å²) in [5.41, 5.74) is 0.694. The smallest absolute Gasteiger partial charge is 0.183 e. The van der Waals surface area contributed by atoms with Crippen LogP contribution in [0, 0.1) is 11.5 Å². The second-order valence-electron chi connectivity index (χ2n) is 3.64. The van der Waals surface area contributed by atoms with E-state index in [1.54, 1.807) is 0 Å². The van der Waals surface area contributed by atoms with Crippen LogP contribution in [0.3, 0.4) is 0 Å². The average Bonchev–Trinajstić information content (AvgIpc) is 2.31. The highest BCUT2D eigenvalue weighted by atomic mass is 79.9. The van der Waals surface area contributed by atoms with E-state index < -0.39 is 0 Å². The fraction of sp³-hybridized carbons (Fsp3) is 0.333. The fourth-order valence-corrected chi connectivity index (χ4v) is 1.89. The number of ether oxygens (including phenoxy) is 1. The molecule has 0 aliphatic rings. The van der Waals surface area contributed by atoms with Crippen LogP contribution in [0.15, 0.2) is 27.7 Å². The lowest BCUT2D eigenvalue weighted by Gasteiger charge is -2.12. The fourth-order valence-electron chi connectivity index (χ4n) is 1.21. The number of halogens is 1. The molecule has 6 heteroatoms. The lowest BCUT2D eigenvalue weighted by Crippen LogP contribution is -2.12. The van der Waals surface area contributed by atoms with E-state index in [1.807, 2.05) is 44.5 Å². The molecule has 96 valence electrons. The largest absolute Gasteiger partial charge is 0.489 e. The van der Waals surface area contributed by atoms with Crippen LogP contribution in [0.2, 0.25) is 0 Å². The quantitative estimate of drug-likeness (QED) is 0.398. The van der Waals surface area contributed by atoms with Crippen molar-refractivity contribution in [2.45, 2.75) is 20.0 Å². The van der Waals surface area contributed by atoms with E-state index in [2.05, 4.69) is 26.2 Å². The van der Waals surface area contributed by atoms with Crippen molar-refractivity contribution >= 4 is 38.5 Å². The summed E-state index contributed by atoms with van der Waals surface area (Å²) in [6.07, 6.45) is 3.78. The van der Waals surface area contributed by atoms with Gasteiger partial charge in [0.1, 0.15) is 11.4 Å². The number of thioether (sulfide) groups is 1. The molecule has 0 aromatic heterocycles. The maximum Gasteiger partial charge on any atom is 0.183 e. The van der Waals surface area contributed by atoms with Gasteiger partial charge in [0.15, 0.2) is 11.4 Å². The number of nitrogens with one attached hydrogen (secondary N) is 1. The van der Waals surface area contributed by atoms with Crippen molar-refractivity contribution in [1.29, 1.82) is 5.26 Å². The summed E-state index contributed by atoms with van der Waals surface area (Å²) in [5.74, 6) is 0.686. The summed E-state index contributed by atoms with van der Waals surface area (Å²) in [6.45, 7) is 3.91. The Morgan fingerprint density at radius 3 is 2.83 bits per heavy atom. The van der Waals surface area contributed by atoms with Crippen LogP contribution in [0.1, 0.15) is 13.8 Å². The van der Waals surface area contributed by atoms with E-state index in [0.29, 0.717) is 16.6 Å². The Morgan fingerprint density at radius 2 is 2.28 bits per heavy atom. The van der Waals surface area contributed by atoms with Crippen molar-refractivity contribution in [1.82, 2.24) is 5.32 Å². The van der Waals surface area contributed by atoms with Gasteiger partial charge in [0.25, 0.3) is 0 Å². The summed E-state index contributed by atoms with van der Waals surface area (Å²) in [5, 5.41) is 11.7. The van der Waals surface area contributed by atoms with Gasteiger partial charge in [-0.3, -0.25) is 5.32 Å². The van der Waals surface area contributed by atoms with Gasteiger partial charge in [0, 0.05) is 4.47 Å². The van der Waals surface area contributed by atoms with Gasteiger partial charge in [0.2, 0.25) is 0 Å². The van der Waals surface area contributed by atoms with Gasteiger partial charge < -0.3 is 4.74 Å². The molecule has 0 unspecified atom stereocenters. The molecule has 1 rings (SSSR count). The van der Waals surface area contributed by atoms with Gasteiger partial charge in [-0.05, 0) is 38.3 Å². The van der Waals surface area contributed by atoms with Crippen molar-refractivity contribution < 1.29 is 4.74 Å². The number of hydrogen-bond acceptors (Lipinski definition) is 4. The minimum absolute atomic E-state index is 0.0647. The van der Waals surface area contributed by atoms with E-state index in [9.17, 15) is 0 Å². The normalized spacial score (nSPS) is 11.2. The molecule has 0 radical (unpaired) electrons. The van der Waals surface area contributed by atoms with E-state index >= 15 is 0 Å². The highest BCUT2D eigenvalue weighted by Crippen LogP contribution is 2.32. The Labute approximate surface area is 120 Å². The number of nitrogens with zero attached hydrogens (tertiary/aromatic N) is 2. The Bertz CT molecular complexity index is 483. The Hall–Kier alpha value is -1.19. The van der Waals surface area contributed by atoms with Gasteiger partial charge >= 0.3 is 0 Å². The van der Waals surface area contributed by atoms with E-state index in [1.165, 1.54) is 11.8 Å². The second kappa shape index (κ2) is 7.29. The molecule has 1 aromatic carbocycles. The number of amidine groups is 1. The molecule has 1 aromatic rings.